The molecule has 2 N–H and O–H groups in total. The summed E-state index contributed by atoms with van der Waals surface area (Å²) < 4.78 is 5.37. The summed E-state index contributed by atoms with van der Waals surface area (Å²) in [5.74, 6) is 0.761. The van der Waals surface area contributed by atoms with Gasteiger partial charge in [0.15, 0.2) is 0 Å². The highest BCUT2D eigenvalue weighted by Gasteiger charge is 2.14. The third-order valence-electron chi connectivity index (χ3n) is 2.13. The van der Waals surface area contributed by atoms with Gasteiger partial charge in [-0.2, -0.15) is 0 Å². The van der Waals surface area contributed by atoms with E-state index in [1.807, 2.05) is 24.3 Å². The SMILES string of the molecule is CC(C)(O)c1ccc(OCCCO)cc1. The van der Waals surface area contributed by atoms with Crippen LogP contribution in [0, 0.1) is 0 Å². The lowest BCUT2D eigenvalue weighted by Gasteiger charge is -2.17. The first-order valence-electron chi connectivity index (χ1n) is 5.10. The molecule has 15 heavy (non-hydrogen) atoms. The van der Waals surface area contributed by atoms with Crippen LogP contribution in [0.15, 0.2) is 24.3 Å². The fraction of sp³-hybridized carbons (Fsp3) is 0.500. The molecule has 3 nitrogen and oxygen atoms in total. The molecule has 0 aliphatic heterocycles. The molecule has 0 saturated carbocycles. The van der Waals surface area contributed by atoms with Crippen LogP contribution < -0.4 is 4.74 Å². The molecular formula is C12H18O3. The third-order valence-corrected chi connectivity index (χ3v) is 2.13. The minimum absolute atomic E-state index is 0.141. The number of benzene rings is 1. The van der Waals surface area contributed by atoms with Crippen molar-refractivity contribution < 1.29 is 14.9 Å². The Bertz CT molecular complexity index is 285. The average molecular weight is 210 g/mol. The predicted octanol–water partition coefficient (Wildman–Crippen LogP) is 1.68. The topological polar surface area (TPSA) is 49.7 Å². The number of hydrogen-bond acceptors (Lipinski definition) is 3. The second-order valence-electron chi connectivity index (χ2n) is 4.01. The van der Waals surface area contributed by atoms with Gasteiger partial charge in [0.2, 0.25) is 0 Å². The fourth-order valence-corrected chi connectivity index (χ4v) is 1.21. The van der Waals surface area contributed by atoms with Crippen LogP contribution in [0.25, 0.3) is 0 Å². The molecule has 0 saturated heterocycles. The molecule has 1 aromatic carbocycles. The molecule has 0 fully saturated rings. The van der Waals surface area contributed by atoms with E-state index < -0.39 is 5.60 Å². The number of aliphatic hydroxyl groups is 2. The molecule has 0 heterocycles. The van der Waals surface area contributed by atoms with E-state index in [1.165, 1.54) is 0 Å². The lowest BCUT2D eigenvalue weighted by Crippen LogP contribution is -2.15. The zero-order valence-electron chi connectivity index (χ0n) is 9.23. The third kappa shape index (κ3) is 3.90. The van der Waals surface area contributed by atoms with Gasteiger partial charge < -0.3 is 14.9 Å². The summed E-state index contributed by atoms with van der Waals surface area (Å²) >= 11 is 0. The van der Waals surface area contributed by atoms with Crippen LogP contribution in [0.2, 0.25) is 0 Å². The van der Waals surface area contributed by atoms with Gasteiger partial charge in [-0.1, -0.05) is 12.1 Å². The molecular weight excluding hydrogens is 192 g/mol. The van der Waals surface area contributed by atoms with Crippen molar-refractivity contribution >= 4 is 0 Å². The molecule has 0 aliphatic carbocycles. The Kier molecular flexibility index (Phi) is 4.12. The minimum Gasteiger partial charge on any atom is -0.494 e. The van der Waals surface area contributed by atoms with Gasteiger partial charge >= 0.3 is 0 Å². The van der Waals surface area contributed by atoms with Crippen LogP contribution in [0.1, 0.15) is 25.8 Å². The summed E-state index contributed by atoms with van der Waals surface area (Å²) in [5.41, 5.74) is 0.0425. The molecule has 0 unspecified atom stereocenters. The molecule has 1 rings (SSSR count). The maximum atomic E-state index is 9.72. The number of ether oxygens (including phenoxy) is 1. The lowest BCUT2D eigenvalue weighted by molar-refractivity contribution is 0.0785. The molecule has 0 radical (unpaired) electrons. The highest BCUT2D eigenvalue weighted by molar-refractivity contribution is 5.30. The maximum absolute atomic E-state index is 9.72. The highest BCUT2D eigenvalue weighted by Crippen LogP contribution is 2.22. The van der Waals surface area contributed by atoms with Crippen LogP contribution in [0.3, 0.4) is 0 Å². The molecule has 0 amide bonds. The van der Waals surface area contributed by atoms with Crippen molar-refractivity contribution in [2.75, 3.05) is 13.2 Å². The monoisotopic (exact) mass is 210 g/mol. The molecule has 1 aromatic rings. The summed E-state index contributed by atoms with van der Waals surface area (Å²) in [6.07, 6.45) is 0.632. The average Bonchev–Trinajstić information content (AvgIpc) is 2.18. The first-order valence-corrected chi connectivity index (χ1v) is 5.10. The van der Waals surface area contributed by atoms with Crippen LogP contribution in [-0.2, 0) is 5.60 Å². The van der Waals surface area contributed by atoms with Crippen molar-refractivity contribution in [3.8, 4) is 5.75 Å². The molecule has 0 spiro atoms. The maximum Gasteiger partial charge on any atom is 0.119 e. The number of aliphatic hydroxyl groups excluding tert-OH is 1. The Hall–Kier alpha value is -1.06. The summed E-state index contributed by atoms with van der Waals surface area (Å²) in [6, 6.07) is 7.33. The van der Waals surface area contributed by atoms with Gasteiger partial charge in [-0.15, -0.1) is 0 Å². The Labute approximate surface area is 90.3 Å². The van der Waals surface area contributed by atoms with E-state index in [-0.39, 0.29) is 6.61 Å². The predicted molar refractivity (Wildman–Crippen MR) is 58.9 cm³/mol. The molecule has 0 aliphatic rings. The van der Waals surface area contributed by atoms with Gasteiger partial charge in [0.25, 0.3) is 0 Å². The molecule has 0 bridgehead atoms. The van der Waals surface area contributed by atoms with Crippen molar-refractivity contribution in [2.24, 2.45) is 0 Å². The van der Waals surface area contributed by atoms with Crippen molar-refractivity contribution in [3.63, 3.8) is 0 Å². The second kappa shape index (κ2) is 5.14. The summed E-state index contributed by atoms with van der Waals surface area (Å²) in [6.45, 7) is 4.14. The van der Waals surface area contributed by atoms with Crippen molar-refractivity contribution in [1.82, 2.24) is 0 Å². The summed E-state index contributed by atoms with van der Waals surface area (Å²) in [7, 11) is 0. The summed E-state index contributed by atoms with van der Waals surface area (Å²) in [5, 5.41) is 18.3. The standard InChI is InChI=1S/C12H18O3/c1-12(2,14)10-4-6-11(7-5-10)15-9-3-8-13/h4-7,13-14H,3,8-9H2,1-2H3. The number of rotatable bonds is 5. The first kappa shape index (κ1) is 12.0. The lowest BCUT2D eigenvalue weighted by atomic mass is 9.99. The first-order chi connectivity index (χ1) is 7.04. The van der Waals surface area contributed by atoms with Gasteiger partial charge in [0, 0.05) is 13.0 Å². The van der Waals surface area contributed by atoms with Gasteiger partial charge in [0.05, 0.1) is 12.2 Å². The number of hydrogen-bond donors (Lipinski definition) is 2. The zero-order chi connectivity index (χ0) is 11.3. The van der Waals surface area contributed by atoms with Crippen LogP contribution in [-0.4, -0.2) is 23.4 Å². The summed E-state index contributed by atoms with van der Waals surface area (Å²) in [4.78, 5) is 0. The Balaban J connectivity index is 2.57. The Morgan fingerprint density at radius 2 is 1.80 bits per heavy atom. The molecule has 0 atom stereocenters. The van der Waals surface area contributed by atoms with E-state index in [4.69, 9.17) is 9.84 Å². The smallest absolute Gasteiger partial charge is 0.119 e. The van der Waals surface area contributed by atoms with E-state index in [0.717, 1.165) is 11.3 Å². The van der Waals surface area contributed by atoms with E-state index in [2.05, 4.69) is 0 Å². The van der Waals surface area contributed by atoms with Crippen molar-refractivity contribution in [3.05, 3.63) is 29.8 Å². The Morgan fingerprint density at radius 3 is 2.27 bits per heavy atom. The van der Waals surface area contributed by atoms with Crippen molar-refractivity contribution in [2.45, 2.75) is 25.9 Å². The second-order valence-corrected chi connectivity index (χ2v) is 4.01. The van der Waals surface area contributed by atoms with Crippen LogP contribution in [0.5, 0.6) is 5.75 Å². The molecule has 3 heteroatoms. The van der Waals surface area contributed by atoms with Gasteiger partial charge in [-0.05, 0) is 31.5 Å². The van der Waals surface area contributed by atoms with Gasteiger partial charge in [0.1, 0.15) is 5.75 Å². The fourth-order valence-electron chi connectivity index (χ4n) is 1.21. The van der Waals surface area contributed by atoms with Crippen LogP contribution >= 0.6 is 0 Å². The van der Waals surface area contributed by atoms with Crippen LogP contribution in [0.4, 0.5) is 0 Å². The van der Waals surface area contributed by atoms with Gasteiger partial charge in [-0.3, -0.25) is 0 Å². The highest BCUT2D eigenvalue weighted by atomic mass is 16.5. The van der Waals surface area contributed by atoms with E-state index in [0.29, 0.717) is 13.0 Å². The van der Waals surface area contributed by atoms with E-state index in [9.17, 15) is 5.11 Å². The molecule has 84 valence electrons. The normalized spacial score (nSPS) is 11.5. The Morgan fingerprint density at radius 1 is 1.20 bits per heavy atom. The largest absolute Gasteiger partial charge is 0.494 e. The van der Waals surface area contributed by atoms with Gasteiger partial charge in [-0.25, -0.2) is 0 Å². The van der Waals surface area contributed by atoms with E-state index >= 15 is 0 Å². The van der Waals surface area contributed by atoms with E-state index in [1.54, 1.807) is 13.8 Å². The quantitative estimate of drug-likeness (QED) is 0.727. The zero-order valence-corrected chi connectivity index (χ0v) is 9.23. The molecule has 0 aromatic heterocycles. The minimum atomic E-state index is -0.816. The van der Waals surface area contributed by atoms with Crippen molar-refractivity contribution in [1.29, 1.82) is 0 Å².